The summed E-state index contributed by atoms with van der Waals surface area (Å²) in [7, 11) is 1.95. The predicted molar refractivity (Wildman–Crippen MR) is 280 cm³/mol. The van der Waals surface area contributed by atoms with E-state index in [0.717, 1.165) is 141 Å². The van der Waals surface area contributed by atoms with Gasteiger partial charge in [0, 0.05) is 50.0 Å². The highest BCUT2D eigenvalue weighted by Crippen LogP contribution is 2.25. The van der Waals surface area contributed by atoms with E-state index in [1.165, 1.54) is 4.90 Å². The Morgan fingerprint density at radius 3 is 1.14 bits per heavy atom. The number of amides is 1. The Balaban J connectivity index is 2.09. The summed E-state index contributed by atoms with van der Waals surface area (Å²) in [6.45, 7) is 8.97. The first-order valence-electron chi connectivity index (χ1n) is 29.0. The largest absolute Gasteiger partial charge is 0.465 e. The van der Waals surface area contributed by atoms with E-state index >= 15 is 0 Å². The van der Waals surface area contributed by atoms with Crippen LogP contribution in [0.3, 0.4) is 0 Å². The van der Waals surface area contributed by atoms with Crippen molar-refractivity contribution in [2.75, 3.05) is 59.8 Å². The lowest BCUT2D eigenvalue weighted by Gasteiger charge is -2.37. The smallest absolute Gasteiger partial charge is 0.410 e. The summed E-state index contributed by atoms with van der Waals surface area (Å²) < 4.78 is 39.8. The second-order valence-corrected chi connectivity index (χ2v) is 20.8. The number of likely N-dealkylation sites (tertiary alicyclic amines) is 2. The summed E-state index contributed by atoms with van der Waals surface area (Å²) in [6, 6.07) is -0.608. The van der Waals surface area contributed by atoms with E-state index in [1.54, 1.807) is 0 Å². The van der Waals surface area contributed by atoms with Crippen LogP contribution in [0.5, 0.6) is 0 Å². The molecule has 0 aliphatic carbocycles. The number of carbonyl (C=O) groups is 7. The number of esters is 6. The molecule has 0 aromatic carbocycles. The lowest BCUT2D eigenvalue weighted by atomic mass is 10.1. The Hall–Kier alpha value is -3.95. The predicted octanol–water partition coefficient (Wildman–Crippen LogP) is 11.5. The van der Waals surface area contributed by atoms with Crippen molar-refractivity contribution in [3.8, 4) is 0 Å². The van der Waals surface area contributed by atoms with Gasteiger partial charge in [0.05, 0.1) is 51.9 Å². The molecule has 1 unspecified atom stereocenters. The molecule has 2 fully saturated rings. The first-order valence-corrected chi connectivity index (χ1v) is 29.0. The van der Waals surface area contributed by atoms with E-state index in [0.29, 0.717) is 25.7 Å². The molecule has 422 valence electrons. The van der Waals surface area contributed by atoms with Gasteiger partial charge >= 0.3 is 41.9 Å². The van der Waals surface area contributed by atoms with E-state index in [4.69, 9.17) is 33.2 Å². The minimum atomic E-state index is -0.772. The second kappa shape index (κ2) is 42.3. The topological polar surface area (TPSA) is 191 Å². The van der Waals surface area contributed by atoms with Crippen LogP contribution in [0.25, 0.3) is 0 Å². The van der Waals surface area contributed by atoms with Gasteiger partial charge in [-0.1, -0.05) is 156 Å². The fraction of sp³-hybridized carbons (Fsp3) is 0.877. The summed E-state index contributed by atoms with van der Waals surface area (Å²) in [4.78, 5) is 95.0. The normalized spacial score (nSPS) is 16.5. The zero-order valence-electron chi connectivity index (χ0n) is 46.3. The van der Waals surface area contributed by atoms with E-state index in [9.17, 15) is 33.6 Å². The molecular formula is C57H100N2O14. The number of hydrogen-bond donors (Lipinski definition) is 0. The van der Waals surface area contributed by atoms with E-state index < -0.39 is 42.0 Å². The minimum absolute atomic E-state index is 0.00974. The number of carbonyl (C=O) groups excluding carboxylic acids is 7. The van der Waals surface area contributed by atoms with Crippen molar-refractivity contribution in [1.82, 2.24) is 9.80 Å². The second-order valence-electron chi connectivity index (χ2n) is 20.8. The SMILES string of the molecule is CCCCCCCCC(=O)OCC(COC(=O)CCCCCCCC)CC(=O)OC[C@H]1C[C@H](OC(=O)CC(COC(=O)CCCCCCCC)COC(=O)CCCCCCCC)CN1C(=O)OCC1CCN1C. The van der Waals surface area contributed by atoms with Crippen LogP contribution in [-0.4, -0.2) is 130 Å². The van der Waals surface area contributed by atoms with Crippen molar-refractivity contribution < 1.29 is 66.7 Å². The fourth-order valence-electron chi connectivity index (χ4n) is 8.99. The van der Waals surface area contributed by atoms with Gasteiger partial charge in [0.25, 0.3) is 0 Å². The molecule has 3 atom stereocenters. The van der Waals surface area contributed by atoms with Crippen LogP contribution in [-0.2, 0) is 61.9 Å². The molecule has 16 heteroatoms. The Morgan fingerprint density at radius 2 is 0.781 bits per heavy atom. The average Bonchev–Trinajstić information content (AvgIpc) is 3.78. The van der Waals surface area contributed by atoms with Crippen LogP contribution in [0.2, 0.25) is 0 Å². The number of ether oxygens (including phenoxy) is 7. The molecule has 2 heterocycles. The van der Waals surface area contributed by atoms with Gasteiger partial charge in [-0.3, -0.25) is 38.6 Å². The summed E-state index contributed by atoms with van der Waals surface area (Å²) in [5, 5.41) is 0. The molecule has 0 bridgehead atoms. The van der Waals surface area contributed by atoms with Gasteiger partial charge in [-0.15, -0.1) is 0 Å². The molecule has 0 aromatic rings. The highest BCUT2D eigenvalue weighted by Gasteiger charge is 2.40. The Bertz CT molecular complexity index is 1460. The first kappa shape index (κ1) is 65.2. The third-order valence-electron chi connectivity index (χ3n) is 14.0. The van der Waals surface area contributed by atoms with Crippen molar-refractivity contribution in [2.45, 2.75) is 251 Å². The maximum atomic E-state index is 13.6. The summed E-state index contributed by atoms with van der Waals surface area (Å²) >= 11 is 0. The Kier molecular flexibility index (Phi) is 37.8. The standard InChI is InChI=1S/C57H100N2O14/c1-6-10-14-18-22-26-30-51(60)67-40-46(41-68-52(61)31-27-23-19-15-11-7-2)36-55(64)71-45-49-38-50(39-59(49)57(66)72-44-48-34-35-58(48)5)73-56(65)37-47(42-69-53(62)32-28-24-20-16-12-8-3)43-70-54(63)33-29-25-21-17-13-9-4/h46-50H,6-45H2,1-5H3/t48?,49-,50+/m1/s1. The van der Waals surface area contributed by atoms with Crippen molar-refractivity contribution in [3.63, 3.8) is 0 Å². The van der Waals surface area contributed by atoms with Crippen molar-refractivity contribution in [3.05, 3.63) is 0 Å². The third kappa shape index (κ3) is 32.9. The van der Waals surface area contributed by atoms with Crippen LogP contribution >= 0.6 is 0 Å². The van der Waals surface area contributed by atoms with Crippen molar-refractivity contribution >= 4 is 41.9 Å². The Morgan fingerprint density at radius 1 is 0.425 bits per heavy atom. The van der Waals surface area contributed by atoms with Gasteiger partial charge in [0.15, 0.2) is 0 Å². The van der Waals surface area contributed by atoms with Gasteiger partial charge in [-0.25, -0.2) is 4.79 Å². The first-order chi connectivity index (χ1) is 35.4. The third-order valence-corrected chi connectivity index (χ3v) is 14.0. The number of likely N-dealkylation sites (N-methyl/N-ethyl adjacent to an activating group) is 1. The number of rotatable bonds is 45. The molecule has 16 nitrogen and oxygen atoms in total. The highest BCUT2D eigenvalue weighted by molar-refractivity contribution is 5.73. The van der Waals surface area contributed by atoms with Crippen molar-refractivity contribution in [1.29, 1.82) is 0 Å². The van der Waals surface area contributed by atoms with Crippen LogP contribution < -0.4 is 0 Å². The van der Waals surface area contributed by atoms with E-state index in [2.05, 4.69) is 32.6 Å². The molecule has 2 aliphatic heterocycles. The number of nitrogens with zero attached hydrogens (tertiary/aromatic N) is 2. The average molecular weight is 1040 g/mol. The molecule has 0 spiro atoms. The molecule has 2 saturated heterocycles. The molecule has 1 amide bonds. The van der Waals surface area contributed by atoms with Gasteiger partial charge < -0.3 is 33.2 Å². The lowest BCUT2D eigenvalue weighted by Crippen LogP contribution is -2.49. The van der Waals surface area contributed by atoms with Gasteiger partial charge in [-0.2, -0.15) is 0 Å². The van der Waals surface area contributed by atoms with E-state index in [1.807, 2.05) is 7.05 Å². The number of unbranched alkanes of at least 4 members (excludes halogenated alkanes) is 20. The number of hydrogen-bond acceptors (Lipinski definition) is 15. The maximum Gasteiger partial charge on any atom is 0.410 e. The highest BCUT2D eigenvalue weighted by atomic mass is 16.6. The molecule has 0 aromatic heterocycles. The van der Waals surface area contributed by atoms with Crippen LogP contribution in [0.15, 0.2) is 0 Å². The molecule has 2 rings (SSSR count). The molecular weight excluding hydrogens is 937 g/mol. The zero-order chi connectivity index (χ0) is 53.3. The van der Waals surface area contributed by atoms with E-state index in [-0.39, 0.29) is 121 Å². The van der Waals surface area contributed by atoms with Crippen LogP contribution in [0.1, 0.15) is 233 Å². The van der Waals surface area contributed by atoms with Crippen molar-refractivity contribution in [2.24, 2.45) is 11.8 Å². The van der Waals surface area contributed by atoms with Gasteiger partial charge in [-0.05, 0) is 45.7 Å². The van der Waals surface area contributed by atoms with Gasteiger partial charge in [0.2, 0.25) is 0 Å². The zero-order valence-corrected chi connectivity index (χ0v) is 46.3. The maximum absolute atomic E-state index is 13.6. The molecule has 2 aliphatic rings. The quantitative estimate of drug-likeness (QED) is 0.0318. The van der Waals surface area contributed by atoms with Gasteiger partial charge in [0.1, 0.15) is 19.3 Å². The van der Waals surface area contributed by atoms with Crippen LogP contribution in [0.4, 0.5) is 4.79 Å². The summed E-state index contributed by atoms with van der Waals surface area (Å²) in [6.07, 6.45) is 24.8. The lowest BCUT2D eigenvalue weighted by molar-refractivity contribution is -0.157. The molecule has 0 N–H and O–H groups in total. The minimum Gasteiger partial charge on any atom is -0.465 e. The fourth-order valence-corrected chi connectivity index (χ4v) is 8.99. The molecule has 0 radical (unpaired) electrons. The molecule has 0 saturated carbocycles. The Labute approximate surface area is 440 Å². The monoisotopic (exact) mass is 1040 g/mol. The summed E-state index contributed by atoms with van der Waals surface area (Å²) in [5.74, 6) is -4.03. The van der Waals surface area contributed by atoms with Crippen LogP contribution in [0, 0.1) is 11.8 Å². The molecule has 73 heavy (non-hydrogen) atoms. The summed E-state index contributed by atoms with van der Waals surface area (Å²) in [5.41, 5.74) is 0.